The molecule has 3 saturated heterocycles. The van der Waals surface area contributed by atoms with Crippen molar-refractivity contribution >= 4 is 23.3 Å². The molecule has 3 aliphatic rings. The van der Waals surface area contributed by atoms with Gasteiger partial charge in [-0.1, -0.05) is 6.08 Å². The molecule has 5 rings (SSSR count). The molecular formula is C20H29ClN2O4. The molecule has 2 aromatic rings. The van der Waals surface area contributed by atoms with Gasteiger partial charge in [0.25, 0.3) is 0 Å². The highest BCUT2D eigenvalue weighted by Crippen LogP contribution is 2.42. The molecule has 6 nitrogen and oxygen atoms in total. The summed E-state index contributed by atoms with van der Waals surface area (Å²) in [6, 6.07) is 7.96. The van der Waals surface area contributed by atoms with Gasteiger partial charge in [-0.3, -0.25) is 9.88 Å². The second kappa shape index (κ2) is 9.48. The number of hydrogen-bond acceptors (Lipinski definition) is 4. The topological polar surface area (TPSA) is 109 Å². The molecule has 27 heavy (non-hydrogen) atoms. The van der Waals surface area contributed by atoms with Crippen LogP contribution in [0.3, 0.4) is 0 Å². The Morgan fingerprint density at radius 2 is 2.11 bits per heavy atom. The van der Waals surface area contributed by atoms with Crippen molar-refractivity contribution in [2.45, 2.75) is 25.0 Å². The van der Waals surface area contributed by atoms with Crippen LogP contribution in [-0.4, -0.2) is 52.2 Å². The highest BCUT2D eigenvalue weighted by atomic mass is 35.5. The van der Waals surface area contributed by atoms with Crippen molar-refractivity contribution < 1.29 is 20.8 Å². The first-order valence-electron chi connectivity index (χ1n) is 8.68. The van der Waals surface area contributed by atoms with Crippen molar-refractivity contribution in [3.63, 3.8) is 0 Å². The summed E-state index contributed by atoms with van der Waals surface area (Å²) in [6.07, 6.45) is 5.62. The Kier molecular flexibility index (Phi) is 8.20. The molecule has 5 atom stereocenters. The van der Waals surface area contributed by atoms with Crippen LogP contribution in [-0.2, 0) is 0 Å². The number of methoxy groups -OCH3 is 1. The molecule has 0 amide bonds. The molecule has 5 N–H and O–H groups in total. The summed E-state index contributed by atoms with van der Waals surface area (Å²) in [5.74, 6) is 2.01. The zero-order chi connectivity index (χ0) is 16.7. The fraction of sp³-hybridized carbons (Fsp3) is 0.450. The predicted octanol–water partition coefficient (Wildman–Crippen LogP) is 1.95. The first-order chi connectivity index (χ1) is 11.7. The minimum absolute atomic E-state index is 0. The zero-order valence-corrected chi connectivity index (χ0v) is 16.3. The maximum atomic E-state index is 11.2. The molecule has 3 fully saturated rings. The van der Waals surface area contributed by atoms with Gasteiger partial charge < -0.3 is 20.8 Å². The van der Waals surface area contributed by atoms with Crippen molar-refractivity contribution in [3.05, 3.63) is 48.7 Å². The number of fused-ring (bicyclic) bond motifs is 4. The zero-order valence-electron chi connectivity index (χ0n) is 15.5. The number of aromatic nitrogens is 1. The molecular weight excluding hydrogens is 368 g/mol. The number of aliphatic hydroxyl groups excluding tert-OH is 1. The van der Waals surface area contributed by atoms with E-state index in [4.69, 9.17) is 4.74 Å². The number of piperidine rings is 3. The molecule has 3 unspecified atom stereocenters. The fourth-order valence-electron chi connectivity index (χ4n) is 4.44. The molecule has 4 heterocycles. The molecule has 1 aromatic heterocycles. The van der Waals surface area contributed by atoms with Gasteiger partial charge in [-0.25, -0.2) is 0 Å². The Morgan fingerprint density at radius 1 is 1.33 bits per heavy atom. The lowest BCUT2D eigenvalue weighted by Gasteiger charge is -2.50. The largest absolute Gasteiger partial charge is 0.497 e. The predicted molar refractivity (Wildman–Crippen MR) is 110 cm³/mol. The van der Waals surface area contributed by atoms with Crippen molar-refractivity contribution in [1.29, 1.82) is 0 Å². The molecule has 0 spiro atoms. The summed E-state index contributed by atoms with van der Waals surface area (Å²) < 4.78 is 5.35. The lowest BCUT2D eigenvalue weighted by molar-refractivity contribution is -0.0444. The van der Waals surface area contributed by atoms with Gasteiger partial charge in [-0.2, -0.15) is 0 Å². The number of aliphatic hydroxyl groups is 1. The first kappa shape index (κ1) is 23.3. The van der Waals surface area contributed by atoms with Crippen molar-refractivity contribution in [1.82, 2.24) is 9.88 Å². The first-order valence-corrected chi connectivity index (χ1v) is 8.68. The quantitative estimate of drug-likeness (QED) is 0.796. The van der Waals surface area contributed by atoms with Crippen molar-refractivity contribution in [2.24, 2.45) is 11.8 Å². The fourth-order valence-corrected chi connectivity index (χ4v) is 4.44. The van der Waals surface area contributed by atoms with Gasteiger partial charge >= 0.3 is 0 Å². The Balaban J connectivity index is 0.00000121. The van der Waals surface area contributed by atoms with Crippen LogP contribution < -0.4 is 4.74 Å². The SMILES string of the molecule is C=C[C@@H]1CN2CCC1C[C@@H]2C(O)c1ccnc2ccc(OC)cc12.Cl.O.O. The minimum Gasteiger partial charge on any atom is -0.497 e. The number of nitrogens with zero attached hydrogens (tertiary/aromatic N) is 2. The normalized spacial score (nSPS) is 26.9. The summed E-state index contributed by atoms with van der Waals surface area (Å²) in [5, 5.41) is 12.1. The second-order valence-corrected chi connectivity index (χ2v) is 6.97. The van der Waals surface area contributed by atoms with Gasteiger partial charge in [0.2, 0.25) is 0 Å². The van der Waals surface area contributed by atoms with Crippen LogP contribution in [0, 0.1) is 11.8 Å². The van der Waals surface area contributed by atoms with E-state index in [9.17, 15) is 5.11 Å². The Bertz CT molecular complexity index is 773. The summed E-state index contributed by atoms with van der Waals surface area (Å²) in [6.45, 7) is 6.07. The van der Waals surface area contributed by atoms with E-state index in [1.54, 1.807) is 13.3 Å². The number of benzene rings is 1. The van der Waals surface area contributed by atoms with Crippen LogP contribution >= 0.6 is 12.4 Å². The van der Waals surface area contributed by atoms with Crippen LogP contribution in [0.15, 0.2) is 43.1 Å². The average Bonchev–Trinajstić information content (AvgIpc) is 2.66. The van der Waals surface area contributed by atoms with E-state index in [1.165, 1.54) is 6.42 Å². The van der Waals surface area contributed by atoms with Crippen LogP contribution in [0.5, 0.6) is 5.75 Å². The molecule has 2 bridgehead atoms. The summed E-state index contributed by atoms with van der Waals surface area (Å²) in [4.78, 5) is 6.86. The lowest BCUT2D eigenvalue weighted by atomic mass is 9.73. The van der Waals surface area contributed by atoms with Gasteiger partial charge in [0.1, 0.15) is 5.75 Å². The van der Waals surface area contributed by atoms with E-state index in [-0.39, 0.29) is 29.4 Å². The van der Waals surface area contributed by atoms with Gasteiger partial charge in [0.15, 0.2) is 0 Å². The third kappa shape index (κ3) is 4.10. The van der Waals surface area contributed by atoms with Crippen molar-refractivity contribution in [3.8, 4) is 5.75 Å². The average molecular weight is 397 g/mol. The number of pyridine rings is 1. The number of ether oxygens (including phenoxy) is 1. The van der Waals surface area contributed by atoms with Crippen LogP contribution in [0.2, 0.25) is 0 Å². The second-order valence-electron chi connectivity index (χ2n) is 6.97. The summed E-state index contributed by atoms with van der Waals surface area (Å²) in [5.41, 5.74) is 1.85. The molecule has 0 aliphatic carbocycles. The molecule has 7 heteroatoms. The van der Waals surface area contributed by atoms with E-state index < -0.39 is 6.10 Å². The molecule has 0 saturated carbocycles. The third-order valence-electron chi connectivity index (χ3n) is 5.82. The lowest BCUT2D eigenvalue weighted by Crippen LogP contribution is -2.54. The molecule has 0 radical (unpaired) electrons. The highest BCUT2D eigenvalue weighted by molar-refractivity contribution is 5.85. The van der Waals surface area contributed by atoms with Gasteiger partial charge in [0.05, 0.1) is 18.7 Å². The monoisotopic (exact) mass is 396 g/mol. The minimum atomic E-state index is -0.504. The van der Waals surface area contributed by atoms with E-state index >= 15 is 0 Å². The Labute approximate surface area is 165 Å². The highest BCUT2D eigenvalue weighted by Gasteiger charge is 2.42. The standard InChI is InChI=1S/C20H24N2O2.ClH.2H2O/c1-3-13-12-22-9-7-14(13)10-19(22)20(23)16-6-8-21-18-5-4-15(24-2)11-17(16)18;;;/h3-6,8,11,13-14,19-20,23H,1,7,9-10,12H2,2H3;1H;2*1H2/t13-,14?,19-,20?;;;/m1.../s1. The van der Waals surface area contributed by atoms with Gasteiger partial charge in [-0.05, 0) is 61.1 Å². The maximum absolute atomic E-state index is 11.2. The summed E-state index contributed by atoms with van der Waals surface area (Å²) in [7, 11) is 1.66. The smallest absolute Gasteiger partial charge is 0.119 e. The third-order valence-corrected chi connectivity index (χ3v) is 5.82. The van der Waals surface area contributed by atoms with E-state index in [0.29, 0.717) is 11.8 Å². The number of rotatable bonds is 4. The van der Waals surface area contributed by atoms with Gasteiger partial charge in [-0.15, -0.1) is 19.0 Å². The van der Waals surface area contributed by atoms with Gasteiger partial charge in [0, 0.05) is 24.2 Å². The Morgan fingerprint density at radius 3 is 2.74 bits per heavy atom. The Hall–Kier alpha value is -1.70. The maximum Gasteiger partial charge on any atom is 0.119 e. The van der Waals surface area contributed by atoms with Crippen LogP contribution in [0.25, 0.3) is 10.9 Å². The van der Waals surface area contributed by atoms with E-state index in [0.717, 1.165) is 41.7 Å². The van der Waals surface area contributed by atoms with E-state index in [1.807, 2.05) is 24.3 Å². The molecule has 150 valence electrons. The molecule has 1 aromatic carbocycles. The van der Waals surface area contributed by atoms with E-state index in [2.05, 4.69) is 22.5 Å². The van der Waals surface area contributed by atoms with Crippen molar-refractivity contribution in [2.75, 3.05) is 20.2 Å². The molecule has 3 aliphatic heterocycles. The van der Waals surface area contributed by atoms with Crippen LogP contribution in [0.4, 0.5) is 0 Å². The summed E-state index contributed by atoms with van der Waals surface area (Å²) >= 11 is 0. The number of hydrogen-bond donors (Lipinski definition) is 1. The van der Waals surface area contributed by atoms with Crippen LogP contribution in [0.1, 0.15) is 24.5 Å². The number of halogens is 1.